The number of sulfonamides is 1. The number of cyclic esters (lactones) is 1. The zero-order chi connectivity index (χ0) is 26.1. The summed E-state index contributed by atoms with van der Waals surface area (Å²) in [5.41, 5.74) is 1.42. The number of hydrogen-bond donors (Lipinski definition) is 1. The van der Waals surface area contributed by atoms with Gasteiger partial charge in [0.25, 0.3) is 0 Å². The zero-order valence-electron chi connectivity index (χ0n) is 19.9. The van der Waals surface area contributed by atoms with Crippen LogP contribution >= 0.6 is 10.7 Å². The van der Waals surface area contributed by atoms with Crippen molar-refractivity contribution in [3.05, 3.63) is 30.2 Å². The first-order valence-corrected chi connectivity index (χ1v) is 15.4. The highest BCUT2D eigenvalue weighted by Crippen LogP contribution is 2.25. The van der Waals surface area contributed by atoms with E-state index in [9.17, 15) is 21.6 Å². The van der Waals surface area contributed by atoms with Crippen molar-refractivity contribution in [1.82, 2.24) is 14.9 Å². The molecule has 14 heteroatoms. The van der Waals surface area contributed by atoms with Crippen LogP contribution in [0.15, 0.2) is 28.8 Å². The Kier molecular flexibility index (Phi) is 10.9. The molecule has 11 nitrogen and oxygen atoms in total. The number of aryl methyl sites for hydroxylation is 1. The summed E-state index contributed by atoms with van der Waals surface area (Å²) in [4.78, 5) is 17.8. The molecule has 1 amide bonds. The van der Waals surface area contributed by atoms with Crippen LogP contribution in [0, 0.1) is 6.92 Å². The number of nitrogens with one attached hydrogen (secondary N) is 1. The standard InChI is InChI=1S/C17H22N4O5S.C4H9ClO2S/c1-3-4-9-27(23,24)18-10-15-11-21(17(22)25-15)14-7-5-13(6-8-14)16-19-12(2)26-20-16;1-2-3-4-8(5,6)7/h5-8,15,18H,3-4,9-11H2,1-2H3;2-4H2,1H3. The minimum absolute atomic E-state index is 0.0640. The van der Waals surface area contributed by atoms with Crippen molar-refractivity contribution in [2.75, 3.05) is 29.5 Å². The van der Waals surface area contributed by atoms with Crippen LogP contribution in [0.5, 0.6) is 0 Å². The summed E-state index contributed by atoms with van der Waals surface area (Å²) in [5, 5.41) is 3.85. The van der Waals surface area contributed by atoms with E-state index >= 15 is 0 Å². The van der Waals surface area contributed by atoms with E-state index < -0.39 is 31.3 Å². The fraction of sp³-hybridized carbons (Fsp3) is 0.571. The Morgan fingerprint density at radius 3 is 2.23 bits per heavy atom. The summed E-state index contributed by atoms with van der Waals surface area (Å²) in [6.07, 6.45) is 1.88. The second-order valence-corrected chi connectivity index (χ2v) is 12.7. The molecule has 1 saturated heterocycles. The Morgan fingerprint density at radius 2 is 1.71 bits per heavy atom. The molecule has 2 heterocycles. The van der Waals surface area contributed by atoms with Crippen molar-refractivity contribution >= 4 is 41.5 Å². The highest BCUT2D eigenvalue weighted by atomic mass is 35.7. The molecule has 1 fully saturated rings. The molecule has 1 aromatic carbocycles. The Morgan fingerprint density at radius 1 is 1.09 bits per heavy atom. The Bertz CT molecular complexity index is 1170. The van der Waals surface area contributed by atoms with Crippen molar-refractivity contribution in [3.63, 3.8) is 0 Å². The summed E-state index contributed by atoms with van der Waals surface area (Å²) in [6.45, 7) is 5.89. The predicted molar refractivity (Wildman–Crippen MR) is 133 cm³/mol. The minimum atomic E-state index is -3.35. The third-order valence-electron chi connectivity index (χ3n) is 4.88. The van der Waals surface area contributed by atoms with E-state index in [1.54, 1.807) is 31.2 Å². The number of benzene rings is 1. The van der Waals surface area contributed by atoms with E-state index in [-0.39, 0.29) is 24.6 Å². The summed E-state index contributed by atoms with van der Waals surface area (Å²) in [5.74, 6) is 1.12. The Balaban J connectivity index is 0.000000466. The molecule has 196 valence electrons. The summed E-state index contributed by atoms with van der Waals surface area (Å²) in [6, 6.07) is 7.09. The van der Waals surface area contributed by atoms with E-state index in [4.69, 9.17) is 19.9 Å². The summed E-state index contributed by atoms with van der Waals surface area (Å²) >= 11 is 0. The average molecular weight is 551 g/mol. The van der Waals surface area contributed by atoms with E-state index in [0.717, 1.165) is 18.4 Å². The van der Waals surface area contributed by atoms with Crippen molar-refractivity contribution in [2.24, 2.45) is 0 Å². The maximum atomic E-state index is 12.1. The quantitative estimate of drug-likeness (QED) is 0.415. The molecule has 1 aliphatic rings. The van der Waals surface area contributed by atoms with Crippen LogP contribution in [-0.2, 0) is 23.8 Å². The van der Waals surface area contributed by atoms with Gasteiger partial charge in [0, 0.05) is 35.4 Å². The van der Waals surface area contributed by atoms with Crippen molar-refractivity contribution < 1.29 is 30.9 Å². The topological polar surface area (TPSA) is 149 Å². The second kappa shape index (κ2) is 13.2. The number of aromatic nitrogens is 2. The first-order chi connectivity index (χ1) is 16.4. The van der Waals surface area contributed by atoms with Gasteiger partial charge in [0.2, 0.25) is 30.8 Å². The third-order valence-corrected chi connectivity index (χ3v) is 7.55. The summed E-state index contributed by atoms with van der Waals surface area (Å²) in [7, 11) is -1.68. The molecule has 0 radical (unpaired) electrons. The fourth-order valence-corrected chi connectivity index (χ4v) is 5.20. The lowest BCUT2D eigenvalue weighted by Gasteiger charge is -2.13. The molecule has 1 N–H and O–H groups in total. The molecule has 3 rings (SSSR count). The van der Waals surface area contributed by atoms with Crippen LogP contribution in [0.25, 0.3) is 11.4 Å². The van der Waals surface area contributed by atoms with Crippen LogP contribution in [-0.4, -0.2) is 63.8 Å². The van der Waals surface area contributed by atoms with Gasteiger partial charge in [-0.3, -0.25) is 4.90 Å². The first kappa shape index (κ1) is 29.0. The summed E-state index contributed by atoms with van der Waals surface area (Å²) < 4.78 is 56.8. The minimum Gasteiger partial charge on any atom is -0.443 e. The lowest BCUT2D eigenvalue weighted by atomic mass is 10.2. The number of nitrogens with zero attached hydrogens (tertiary/aromatic N) is 3. The SMILES string of the molecule is CCCCS(=O)(=O)Cl.CCCCS(=O)(=O)NCC1CN(c2ccc(-c3noc(C)n3)cc2)C(=O)O1. The predicted octanol–water partition coefficient (Wildman–Crippen LogP) is 3.44. The van der Waals surface area contributed by atoms with Gasteiger partial charge in [0.05, 0.1) is 18.1 Å². The monoisotopic (exact) mass is 550 g/mol. The highest BCUT2D eigenvalue weighted by molar-refractivity contribution is 8.13. The van der Waals surface area contributed by atoms with Crippen LogP contribution in [0.2, 0.25) is 0 Å². The maximum absolute atomic E-state index is 12.1. The first-order valence-electron chi connectivity index (χ1n) is 11.2. The van der Waals surface area contributed by atoms with Gasteiger partial charge in [-0.15, -0.1) is 0 Å². The Labute approximate surface area is 210 Å². The van der Waals surface area contributed by atoms with Gasteiger partial charge < -0.3 is 9.26 Å². The number of amides is 1. The molecule has 1 unspecified atom stereocenters. The lowest BCUT2D eigenvalue weighted by molar-refractivity contribution is 0.143. The van der Waals surface area contributed by atoms with Gasteiger partial charge in [0.1, 0.15) is 6.10 Å². The van der Waals surface area contributed by atoms with Crippen LogP contribution in [0.1, 0.15) is 45.4 Å². The molecular weight excluding hydrogens is 520 g/mol. The smallest absolute Gasteiger partial charge is 0.414 e. The molecule has 0 aliphatic carbocycles. The third kappa shape index (κ3) is 10.1. The number of unbranched alkanes of at least 4 members (excludes halogenated alkanes) is 2. The highest BCUT2D eigenvalue weighted by Gasteiger charge is 2.33. The van der Waals surface area contributed by atoms with E-state index in [0.29, 0.717) is 30.2 Å². The van der Waals surface area contributed by atoms with Gasteiger partial charge in [-0.1, -0.05) is 31.8 Å². The van der Waals surface area contributed by atoms with E-state index in [1.165, 1.54) is 4.90 Å². The number of carbonyl (C=O) groups excluding carboxylic acids is 1. The van der Waals surface area contributed by atoms with Gasteiger partial charge >= 0.3 is 6.09 Å². The normalized spacial score (nSPS) is 16.1. The zero-order valence-corrected chi connectivity index (χ0v) is 22.3. The largest absolute Gasteiger partial charge is 0.443 e. The lowest BCUT2D eigenvalue weighted by Crippen LogP contribution is -2.35. The van der Waals surface area contributed by atoms with Gasteiger partial charge in [-0.25, -0.2) is 26.4 Å². The van der Waals surface area contributed by atoms with Gasteiger partial charge in [-0.05, 0) is 37.1 Å². The van der Waals surface area contributed by atoms with Gasteiger partial charge in [-0.2, -0.15) is 4.98 Å². The molecule has 1 atom stereocenters. The van der Waals surface area contributed by atoms with Crippen molar-refractivity contribution in [2.45, 2.75) is 52.6 Å². The second-order valence-electron chi connectivity index (χ2n) is 7.92. The van der Waals surface area contributed by atoms with E-state index in [1.807, 2.05) is 13.8 Å². The number of ether oxygens (including phenoxy) is 1. The van der Waals surface area contributed by atoms with Crippen LogP contribution in [0.3, 0.4) is 0 Å². The van der Waals surface area contributed by atoms with E-state index in [2.05, 4.69) is 14.9 Å². The maximum Gasteiger partial charge on any atom is 0.414 e. The molecule has 0 saturated carbocycles. The molecule has 2 aromatic rings. The fourth-order valence-electron chi connectivity index (χ4n) is 2.99. The van der Waals surface area contributed by atoms with Gasteiger partial charge in [0.15, 0.2) is 0 Å². The number of halogens is 1. The number of anilines is 1. The average Bonchev–Trinajstić information content (AvgIpc) is 3.40. The number of carbonyl (C=O) groups is 1. The van der Waals surface area contributed by atoms with Crippen molar-refractivity contribution in [3.8, 4) is 11.4 Å². The molecular formula is C21H31ClN4O7S2. The number of rotatable bonds is 11. The van der Waals surface area contributed by atoms with Crippen molar-refractivity contribution in [1.29, 1.82) is 0 Å². The Hall–Kier alpha value is -2.22. The molecule has 1 aliphatic heterocycles. The molecule has 35 heavy (non-hydrogen) atoms. The number of hydrogen-bond acceptors (Lipinski definition) is 9. The molecule has 0 bridgehead atoms. The van der Waals surface area contributed by atoms with Crippen LogP contribution in [0.4, 0.5) is 10.5 Å². The van der Waals surface area contributed by atoms with Crippen LogP contribution < -0.4 is 9.62 Å². The molecule has 0 spiro atoms. The molecule has 1 aromatic heterocycles.